The van der Waals surface area contributed by atoms with Crippen molar-refractivity contribution in [3.63, 3.8) is 0 Å². The normalized spacial score (nSPS) is 27.5. The summed E-state index contributed by atoms with van der Waals surface area (Å²) >= 11 is 0. The van der Waals surface area contributed by atoms with Gasteiger partial charge >= 0.3 is 5.69 Å². The molecule has 1 fully saturated rings. The Morgan fingerprint density at radius 1 is 1.35 bits per heavy atom. The lowest BCUT2D eigenvalue weighted by Crippen LogP contribution is -2.39. The Labute approximate surface area is 132 Å². The van der Waals surface area contributed by atoms with E-state index in [0.29, 0.717) is 6.61 Å². The molecule has 0 radical (unpaired) electrons. The van der Waals surface area contributed by atoms with Crippen molar-refractivity contribution in [1.82, 2.24) is 9.55 Å². The highest BCUT2D eigenvalue weighted by molar-refractivity contribution is 5.05. The third-order valence-corrected chi connectivity index (χ3v) is 3.73. The van der Waals surface area contributed by atoms with Crippen LogP contribution in [0.3, 0.4) is 0 Å². The number of hydrogen-bond donors (Lipinski definition) is 4. The zero-order valence-electron chi connectivity index (χ0n) is 12.8. The molecule has 2 heterocycles. The summed E-state index contributed by atoms with van der Waals surface area (Å²) < 4.78 is 11.6. The minimum absolute atomic E-state index is 0.0183. The van der Waals surface area contributed by atoms with Crippen LogP contribution in [0.4, 0.5) is 0 Å². The van der Waals surface area contributed by atoms with E-state index in [1.807, 2.05) is 6.92 Å². The van der Waals surface area contributed by atoms with Gasteiger partial charge in [0, 0.05) is 12.8 Å². The number of hydrogen-bond acceptors (Lipinski definition) is 7. The molecule has 0 bridgehead atoms. The highest BCUT2D eigenvalue weighted by Crippen LogP contribution is 2.27. The number of nitrogens with zero attached hydrogens (tertiary/aromatic N) is 1. The van der Waals surface area contributed by atoms with E-state index in [4.69, 9.17) is 14.6 Å². The first-order chi connectivity index (χ1) is 11.0. The van der Waals surface area contributed by atoms with Crippen LogP contribution in [0.5, 0.6) is 0 Å². The maximum absolute atomic E-state index is 11.9. The number of aromatic nitrogens is 2. The molecule has 1 aliphatic rings. The van der Waals surface area contributed by atoms with Crippen molar-refractivity contribution in [2.24, 2.45) is 0 Å². The van der Waals surface area contributed by atoms with Crippen LogP contribution in [-0.4, -0.2) is 56.4 Å². The maximum atomic E-state index is 11.9. The molecule has 0 saturated carbocycles. The van der Waals surface area contributed by atoms with E-state index in [0.717, 1.165) is 17.4 Å². The molecule has 9 heteroatoms. The van der Waals surface area contributed by atoms with Gasteiger partial charge in [-0.25, -0.2) is 4.79 Å². The second-order valence-electron chi connectivity index (χ2n) is 5.46. The minimum atomic E-state index is -1.40. The van der Waals surface area contributed by atoms with Crippen LogP contribution in [0, 0.1) is 0 Å². The van der Waals surface area contributed by atoms with Gasteiger partial charge in [0.25, 0.3) is 5.56 Å². The van der Waals surface area contributed by atoms with E-state index < -0.39 is 42.4 Å². The molecule has 4 atom stereocenters. The number of aliphatic hydroxyl groups is 3. The fourth-order valence-corrected chi connectivity index (χ4v) is 2.36. The fourth-order valence-electron chi connectivity index (χ4n) is 2.36. The number of aromatic amines is 1. The Kier molecular flexibility index (Phi) is 6.08. The summed E-state index contributed by atoms with van der Waals surface area (Å²) in [5, 5.41) is 28.8. The summed E-state index contributed by atoms with van der Waals surface area (Å²) in [6.45, 7) is 2.02. The monoisotopic (exact) mass is 330 g/mol. The Hall–Kier alpha value is -1.52. The minimum Gasteiger partial charge on any atom is -0.394 e. The van der Waals surface area contributed by atoms with Gasteiger partial charge in [0.05, 0.1) is 18.8 Å². The van der Waals surface area contributed by atoms with Gasteiger partial charge in [-0.15, -0.1) is 0 Å². The van der Waals surface area contributed by atoms with Crippen molar-refractivity contribution >= 4 is 0 Å². The first-order valence-corrected chi connectivity index (χ1v) is 7.54. The van der Waals surface area contributed by atoms with Crippen LogP contribution in [0.15, 0.2) is 15.8 Å². The van der Waals surface area contributed by atoms with Crippen molar-refractivity contribution in [3.05, 3.63) is 32.6 Å². The van der Waals surface area contributed by atoms with Crippen molar-refractivity contribution in [3.8, 4) is 0 Å². The topological polar surface area (TPSA) is 134 Å². The maximum Gasteiger partial charge on any atom is 0.330 e. The Morgan fingerprint density at radius 3 is 2.70 bits per heavy atom. The number of rotatable bonds is 7. The first-order valence-electron chi connectivity index (χ1n) is 7.54. The quantitative estimate of drug-likeness (QED) is 0.445. The Bertz CT molecular complexity index is 626. The molecule has 2 rings (SSSR count). The summed E-state index contributed by atoms with van der Waals surface area (Å²) in [6, 6.07) is 0. The van der Waals surface area contributed by atoms with E-state index >= 15 is 0 Å². The number of H-pyrrole nitrogens is 1. The molecule has 9 nitrogen and oxygen atoms in total. The van der Waals surface area contributed by atoms with E-state index in [1.165, 1.54) is 6.20 Å². The molecular weight excluding hydrogens is 308 g/mol. The van der Waals surface area contributed by atoms with Gasteiger partial charge in [0.15, 0.2) is 6.23 Å². The molecule has 1 aromatic rings. The molecule has 1 saturated heterocycles. The van der Waals surface area contributed by atoms with Crippen LogP contribution < -0.4 is 11.2 Å². The number of ether oxygens (including phenoxy) is 2. The van der Waals surface area contributed by atoms with E-state index in [1.54, 1.807) is 0 Å². The summed E-state index contributed by atoms with van der Waals surface area (Å²) in [5.74, 6) is 0. The average molecular weight is 330 g/mol. The largest absolute Gasteiger partial charge is 0.394 e. The van der Waals surface area contributed by atoms with Crippen LogP contribution in [0.1, 0.15) is 31.6 Å². The molecular formula is C14H22N2O7. The first kappa shape index (κ1) is 17.8. The third-order valence-electron chi connectivity index (χ3n) is 3.73. The van der Waals surface area contributed by atoms with Gasteiger partial charge < -0.3 is 24.8 Å². The van der Waals surface area contributed by atoms with E-state index in [-0.39, 0.29) is 12.2 Å². The van der Waals surface area contributed by atoms with Crippen LogP contribution in [-0.2, 0) is 16.1 Å². The van der Waals surface area contributed by atoms with Gasteiger partial charge in [-0.1, -0.05) is 13.3 Å². The summed E-state index contributed by atoms with van der Waals surface area (Å²) in [7, 11) is 0. The standard InChI is InChI=1S/C14H22N2O7/c1-2-3-4-22-7-8-5-16(14(21)15-12(8)20)13-11(19)10(18)9(6-17)23-13/h5,9-11,13,17-19H,2-4,6-7H2,1H3,(H,15,20,21)/t9-,10-,11-,13-/m1/s1. The molecule has 0 aromatic carbocycles. The lowest BCUT2D eigenvalue weighted by Gasteiger charge is -2.18. The molecule has 1 aromatic heterocycles. The molecule has 130 valence electrons. The Morgan fingerprint density at radius 2 is 2.09 bits per heavy atom. The lowest BCUT2D eigenvalue weighted by atomic mass is 10.1. The number of nitrogens with one attached hydrogen (secondary N) is 1. The predicted molar refractivity (Wildman–Crippen MR) is 78.9 cm³/mol. The van der Waals surface area contributed by atoms with Crippen molar-refractivity contribution in [2.75, 3.05) is 13.2 Å². The van der Waals surface area contributed by atoms with Crippen molar-refractivity contribution in [2.45, 2.75) is 50.9 Å². The average Bonchev–Trinajstić information content (AvgIpc) is 2.81. The molecule has 4 N–H and O–H groups in total. The molecule has 0 amide bonds. The fraction of sp³-hybridized carbons (Fsp3) is 0.714. The number of aliphatic hydroxyl groups excluding tert-OH is 3. The van der Waals surface area contributed by atoms with E-state index in [9.17, 15) is 19.8 Å². The van der Waals surface area contributed by atoms with Gasteiger partial charge in [0.2, 0.25) is 0 Å². The van der Waals surface area contributed by atoms with Crippen molar-refractivity contribution < 1.29 is 24.8 Å². The summed E-state index contributed by atoms with van der Waals surface area (Å²) in [6.07, 6.45) is -1.87. The summed E-state index contributed by atoms with van der Waals surface area (Å²) in [5.41, 5.74) is -1.14. The molecule has 0 aliphatic carbocycles. The van der Waals surface area contributed by atoms with Crippen LogP contribution in [0.25, 0.3) is 0 Å². The number of unbranched alkanes of at least 4 members (excludes halogenated alkanes) is 1. The SMILES string of the molecule is CCCCOCc1cn([C@@H]2O[C@H](CO)[C@@H](O)[C@H]2O)c(=O)[nH]c1=O. The van der Waals surface area contributed by atoms with Gasteiger partial charge in [-0.05, 0) is 6.42 Å². The smallest absolute Gasteiger partial charge is 0.330 e. The molecule has 0 spiro atoms. The zero-order chi connectivity index (χ0) is 17.0. The van der Waals surface area contributed by atoms with E-state index in [2.05, 4.69) is 4.98 Å². The van der Waals surface area contributed by atoms with Gasteiger partial charge in [-0.2, -0.15) is 0 Å². The third kappa shape index (κ3) is 3.88. The summed E-state index contributed by atoms with van der Waals surface area (Å²) in [4.78, 5) is 25.9. The Balaban J connectivity index is 2.22. The molecule has 0 unspecified atom stereocenters. The highest BCUT2D eigenvalue weighted by Gasteiger charge is 2.43. The van der Waals surface area contributed by atoms with Crippen molar-refractivity contribution in [1.29, 1.82) is 0 Å². The second kappa shape index (κ2) is 7.84. The molecule has 1 aliphatic heterocycles. The van der Waals surface area contributed by atoms with Gasteiger partial charge in [0.1, 0.15) is 18.3 Å². The molecule has 23 heavy (non-hydrogen) atoms. The lowest BCUT2D eigenvalue weighted by molar-refractivity contribution is -0.0553. The predicted octanol–water partition coefficient (Wildman–Crippen LogP) is -1.54. The van der Waals surface area contributed by atoms with Gasteiger partial charge in [-0.3, -0.25) is 14.3 Å². The second-order valence-corrected chi connectivity index (χ2v) is 5.46. The van der Waals surface area contributed by atoms with Crippen LogP contribution in [0.2, 0.25) is 0 Å². The zero-order valence-corrected chi connectivity index (χ0v) is 12.8. The van der Waals surface area contributed by atoms with Crippen LogP contribution >= 0.6 is 0 Å². The highest BCUT2D eigenvalue weighted by atomic mass is 16.6.